The first kappa shape index (κ1) is 8.02. The van der Waals surface area contributed by atoms with Gasteiger partial charge in [-0.1, -0.05) is 18.5 Å². The molecule has 0 spiro atoms. The van der Waals surface area contributed by atoms with Crippen molar-refractivity contribution in [3.8, 4) is 0 Å². The van der Waals surface area contributed by atoms with Crippen LogP contribution in [-0.4, -0.2) is 4.98 Å². The molecule has 54 valence electrons. The molecule has 0 aliphatic heterocycles. The normalized spacial score (nSPS) is 9.90. The second-order valence-corrected chi connectivity index (χ2v) is 3.16. The average Bonchev–Trinajstić information content (AvgIpc) is 1.94. The summed E-state index contributed by atoms with van der Waals surface area (Å²) in [5, 5.41) is 0.556. The van der Waals surface area contributed by atoms with E-state index < -0.39 is 0 Å². The van der Waals surface area contributed by atoms with Crippen LogP contribution in [0.4, 0.5) is 0 Å². The van der Waals surface area contributed by atoms with Crippen molar-refractivity contribution in [3.05, 3.63) is 27.5 Å². The number of aromatic nitrogens is 1. The molecule has 0 saturated heterocycles. The summed E-state index contributed by atoms with van der Waals surface area (Å²) < 4.78 is 1.03. The lowest BCUT2D eigenvalue weighted by atomic mass is 10.3. The fraction of sp³-hybridized carbons (Fsp3) is 0.286. The molecule has 1 heterocycles. The summed E-state index contributed by atoms with van der Waals surface area (Å²) in [7, 11) is 0. The molecule has 10 heavy (non-hydrogen) atoms. The Morgan fingerprint density at radius 2 is 2.30 bits per heavy atom. The summed E-state index contributed by atoms with van der Waals surface area (Å²) >= 11 is 9.03. The zero-order valence-electron chi connectivity index (χ0n) is 5.56. The zero-order valence-corrected chi connectivity index (χ0v) is 7.91. The van der Waals surface area contributed by atoms with Gasteiger partial charge in [0, 0.05) is 4.47 Å². The molecule has 0 aliphatic carbocycles. The van der Waals surface area contributed by atoms with E-state index in [9.17, 15) is 0 Å². The maximum absolute atomic E-state index is 5.66. The van der Waals surface area contributed by atoms with Crippen LogP contribution in [0.2, 0.25) is 5.15 Å². The lowest BCUT2D eigenvalue weighted by Gasteiger charge is -1.98. The number of rotatable bonds is 1. The van der Waals surface area contributed by atoms with Crippen molar-refractivity contribution in [2.75, 3.05) is 0 Å². The SMILES string of the molecule is CCc1nc(Cl)ccc1Br. The zero-order chi connectivity index (χ0) is 7.56. The largest absolute Gasteiger partial charge is 0.240 e. The highest BCUT2D eigenvalue weighted by molar-refractivity contribution is 9.10. The van der Waals surface area contributed by atoms with Crippen LogP contribution < -0.4 is 0 Å². The quantitative estimate of drug-likeness (QED) is 0.663. The topological polar surface area (TPSA) is 12.9 Å². The minimum absolute atomic E-state index is 0.556. The van der Waals surface area contributed by atoms with E-state index in [1.807, 2.05) is 13.0 Å². The van der Waals surface area contributed by atoms with E-state index in [2.05, 4.69) is 20.9 Å². The van der Waals surface area contributed by atoms with Crippen LogP contribution in [0, 0.1) is 0 Å². The Labute approximate surface area is 73.6 Å². The minimum atomic E-state index is 0.556. The molecule has 1 aromatic rings. The third-order valence-electron chi connectivity index (χ3n) is 1.22. The lowest BCUT2D eigenvalue weighted by Crippen LogP contribution is -1.87. The van der Waals surface area contributed by atoms with E-state index in [-0.39, 0.29) is 0 Å². The molecule has 0 fully saturated rings. The molecule has 0 aromatic carbocycles. The van der Waals surface area contributed by atoms with Crippen LogP contribution in [0.1, 0.15) is 12.6 Å². The summed E-state index contributed by atoms with van der Waals surface area (Å²) in [6.07, 6.45) is 0.904. The van der Waals surface area contributed by atoms with E-state index in [1.54, 1.807) is 6.07 Å². The molecule has 1 nitrogen and oxygen atoms in total. The molecule has 1 aromatic heterocycles. The number of aryl methyl sites for hydroxylation is 1. The van der Waals surface area contributed by atoms with Gasteiger partial charge in [0.05, 0.1) is 5.69 Å². The van der Waals surface area contributed by atoms with Crippen molar-refractivity contribution < 1.29 is 0 Å². The maximum atomic E-state index is 5.66. The second-order valence-electron chi connectivity index (χ2n) is 1.92. The number of halogens is 2. The Bertz CT molecular complexity index is 237. The highest BCUT2D eigenvalue weighted by Crippen LogP contribution is 2.17. The van der Waals surface area contributed by atoms with E-state index in [0.29, 0.717) is 5.15 Å². The molecule has 0 saturated carbocycles. The smallest absolute Gasteiger partial charge is 0.129 e. The van der Waals surface area contributed by atoms with Gasteiger partial charge < -0.3 is 0 Å². The van der Waals surface area contributed by atoms with Crippen molar-refractivity contribution in [1.29, 1.82) is 0 Å². The number of nitrogens with zero attached hydrogens (tertiary/aromatic N) is 1. The average molecular weight is 220 g/mol. The summed E-state index contributed by atoms with van der Waals surface area (Å²) in [6.45, 7) is 2.05. The van der Waals surface area contributed by atoms with E-state index in [0.717, 1.165) is 16.6 Å². The Hall–Kier alpha value is -0.0800. The summed E-state index contributed by atoms with van der Waals surface area (Å²) in [5.74, 6) is 0. The lowest BCUT2D eigenvalue weighted by molar-refractivity contribution is 1.02. The standard InChI is InChI=1S/C7H7BrClN/c1-2-6-5(8)3-4-7(9)10-6/h3-4H,2H2,1H3. The van der Waals surface area contributed by atoms with Gasteiger partial charge in [-0.2, -0.15) is 0 Å². The van der Waals surface area contributed by atoms with E-state index >= 15 is 0 Å². The van der Waals surface area contributed by atoms with Crippen molar-refractivity contribution in [2.45, 2.75) is 13.3 Å². The van der Waals surface area contributed by atoms with Gasteiger partial charge in [0.1, 0.15) is 5.15 Å². The predicted molar refractivity (Wildman–Crippen MR) is 46.3 cm³/mol. The number of pyridine rings is 1. The van der Waals surface area contributed by atoms with Gasteiger partial charge in [-0.3, -0.25) is 0 Å². The van der Waals surface area contributed by atoms with Gasteiger partial charge in [0.25, 0.3) is 0 Å². The molecule has 0 bridgehead atoms. The molecule has 0 atom stereocenters. The monoisotopic (exact) mass is 219 g/mol. The molecule has 1 rings (SSSR count). The third kappa shape index (κ3) is 1.70. The first-order chi connectivity index (χ1) is 4.74. The fourth-order valence-corrected chi connectivity index (χ4v) is 1.37. The van der Waals surface area contributed by atoms with Gasteiger partial charge >= 0.3 is 0 Å². The molecule has 0 unspecified atom stereocenters. The molecular formula is C7H7BrClN. The van der Waals surface area contributed by atoms with Gasteiger partial charge in [-0.15, -0.1) is 0 Å². The number of hydrogen-bond acceptors (Lipinski definition) is 1. The molecule has 0 N–H and O–H groups in total. The Morgan fingerprint density at radius 1 is 1.60 bits per heavy atom. The Kier molecular flexibility index (Phi) is 2.69. The van der Waals surface area contributed by atoms with Crippen molar-refractivity contribution in [1.82, 2.24) is 4.98 Å². The van der Waals surface area contributed by atoms with Crippen LogP contribution in [0.25, 0.3) is 0 Å². The molecule has 0 amide bonds. The fourth-order valence-electron chi connectivity index (χ4n) is 0.706. The number of hydrogen-bond donors (Lipinski definition) is 0. The third-order valence-corrected chi connectivity index (χ3v) is 2.15. The maximum Gasteiger partial charge on any atom is 0.129 e. The van der Waals surface area contributed by atoms with E-state index in [4.69, 9.17) is 11.6 Å². The van der Waals surface area contributed by atoms with Crippen molar-refractivity contribution in [3.63, 3.8) is 0 Å². The molecule has 0 aliphatic rings. The van der Waals surface area contributed by atoms with Crippen molar-refractivity contribution >= 4 is 27.5 Å². The van der Waals surface area contributed by atoms with Crippen LogP contribution in [0.5, 0.6) is 0 Å². The summed E-state index contributed by atoms with van der Waals surface area (Å²) in [4.78, 5) is 4.11. The van der Waals surface area contributed by atoms with E-state index in [1.165, 1.54) is 0 Å². The van der Waals surface area contributed by atoms with Gasteiger partial charge in [-0.05, 0) is 34.5 Å². The molecule has 3 heteroatoms. The van der Waals surface area contributed by atoms with Crippen LogP contribution in [-0.2, 0) is 6.42 Å². The van der Waals surface area contributed by atoms with Crippen LogP contribution >= 0.6 is 27.5 Å². The Morgan fingerprint density at radius 3 is 2.80 bits per heavy atom. The highest BCUT2D eigenvalue weighted by atomic mass is 79.9. The van der Waals surface area contributed by atoms with Gasteiger partial charge in [-0.25, -0.2) is 4.98 Å². The second kappa shape index (κ2) is 3.35. The summed E-state index contributed by atoms with van der Waals surface area (Å²) in [5.41, 5.74) is 1.01. The first-order valence-electron chi connectivity index (χ1n) is 3.05. The summed E-state index contributed by atoms with van der Waals surface area (Å²) in [6, 6.07) is 3.68. The van der Waals surface area contributed by atoms with Gasteiger partial charge in [0.15, 0.2) is 0 Å². The molecule has 0 radical (unpaired) electrons. The van der Waals surface area contributed by atoms with Crippen LogP contribution in [0.15, 0.2) is 16.6 Å². The van der Waals surface area contributed by atoms with Gasteiger partial charge in [0.2, 0.25) is 0 Å². The Balaban J connectivity index is 3.09. The van der Waals surface area contributed by atoms with Crippen LogP contribution in [0.3, 0.4) is 0 Å². The molecular weight excluding hydrogens is 213 g/mol. The highest BCUT2D eigenvalue weighted by Gasteiger charge is 1.98. The predicted octanol–water partition coefficient (Wildman–Crippen LogP) is 3.06. The minimum Gasteiger partial charge on any atom is -0.240 e. The van der Waals surface area contributed by atoms with Crippen molar-refractivity contribution in [2.24, 2.45) is 0 Å². The first-order valence-corrected chi connectivity index (χ1v) is 4.22.